The van der Waals surface area contributed by atoms with Crippen LogP contribution in [0.1, 0.15) is 43.0 Å². The van der Waals surface area contributed by atoms with E-state index in [1.165, 1.54) is 42.3 Å². The molecule has 0 amide bonds. The van der Waals surface area contributed by atoms with E-state index >= 15 is 0 Å². The molecule has 102 valence electrons. The predicted octanol–water partition coefficient (Wildman–Crippen LogP) is 3.33. The summed E-state index contributed by atoms with van der Waals surface area (Å²) in [6.45, 7) is 1.06. The van der Waals surface area contributed by atoms with Crippen molar-refractivity contribution >= 4 is 10.9 Å². The molecule has 1 atom stereocenters. The number of fused-ring (bicyclic) bond motifs is 7. The lowest BCUT2D eigenvalue weighted by atomic mass is 9.83. The summed E-state index contributed by atoms with van der Waals surface area (Å²) in [4.78, 5) is 10.1. The van der Waals surface area contributed by atoms with Gasteiger partial charge in [0.1, 0.15) is 0 Å². The first-order chi connectivity index (χ1) is 9.83. The summed E-state index contributed by atoms with van der Waals surface area (Å²) in [5.74, 6) is 0. The van der Waals surface area contributed by atoms with Crippen molar-refractivity contribution in [1.82, 2.24) is 10.0 Å². The highest BCUT2D eigenvalue weighted by Crippen LogP contribution is 2.77. The molecular weight excluding hydrogens is 248 g/mol. The summed E-state index contributed by atoms with van der Waals surface area (Å²) in [6.07, 6.45) is 6.36. The van der Waals surface area contributed by atoms with Gasteiger partial charge in [-0.3, -0.25) is 4.84 Å². The fraction of sp³-hybridized carbons (Fsp3) is 0.529. The maximum absolute atomic E-state index is 6.41. The quantitative estimate of drug-likeness (QED) is 0.792. The Morgan fingerprint density at radius 2 is 2.00 bits per heavy atom. The monoisotopic (exact) mass is 266 g/mol. The van der Waals surface area contributed by atoms with E-state index in [9.17, 15) is 0 Å². The van der Waals surface area contributed by atoms with E-state index in [0.29, 0.717) is 11.5 Å². The van der Waals surface area contributed by atoms with Crippen molar-refractivity contribution in [2.75, 3.05) is 6.54 Å². The molecule has 6 rings (SSSR count). The zero-order valence-corrected chi connectivity index (χ0v) is 11.5. The number of aromatic nitrogens is 1. The van der Waals surface area contributed by atoms with Gasteiger partial charge in [0.05, 0.1) is 11.6 Å². The highest BCUT2D eigenvalue weighted by Gasteiger charge is 2.77. The van der Waals surface area contributed by atoms with Crippen molar-refractivity contribution in [3.8, 4) is 0 Å². The fourth-order valence-electron chi connectivity index (χ4n) is 5.00. The van der Waals surface area contributed by atoms with E-state index in [1.54, 1.807) is 5.56 Å². The van der Waals surface area contributed by atoms with E-state index in [-0.39, 0.29) is 5.60 Å². The molecule has 1 aromatic heterocycles. The second-order valence-electron chi connectivity index (χ2n) is 7.10. The van der Waals surface area contributed by atoms with Crippen LogP contribution >= 0.6 is 0 Å². The third kappa shape index (κ3) is 0.980. The summed E-state index contributed by atoms with van der Waals surface area (Å²) in [7, 11) is 0. The molecule has 20 heavy (non-hydrogen) atoms. The Labute approximate surface area is 117 Å². The van der Waals surface area contributed by atoms with E-state index in [4.69, 9.17) is 4.84 Å². The number of nitrogens with zero attached hydrogens (tertiary/aromatic N) is 1. The van der Waals surface area contributed by atoms with Crippen LogP contribution in [0.4, 0.5) is 0 Å². The highest BCUT2D eigenvalue weighted by molar-refractivity contribution is 5.85. The fourth-order valence-corrected chi connectivity index (χ4v) is 5.00. The number of para-hydroxylation sites is 1. The molecule has 4 aliphatic rings. The van der Waals surface area contributed by atoms with E-state index in [0.717, 1.165) is 13.0 Å². The summed E-state index contributed by atoms with van der Waals surface area (Å²) >= 11 is 0. The number of hydrogen-bond acceptors (Lipinski definition) is 2. The van der Waals surface area contributed by atoms with Crippen molar-refractivity contribution in [3.63, 3.8) is 0 Å². The zero-order chi connectivity index (χ0) is 12.9. The van der Waals surface area contributed by atoms with Crippen LogP contribution in [0.15, 0.2) is 24.3 Å². The highest BCUT2D eigenvalue weighted by atomic mass is 16.7. The predicted molar refractivity (Wildman–Crippen MR) is 76.2 cm³/mol. The molecule has 2 saturated carbocycles. The zero-order valence-electron chi connectivity index (χ0n) is 11.5. The Kier molecular flexibility index (Phi) is 1.55. The maximum Gasteiger partial charge on any atom is 0.0977 e. The molecule has 3 heteroatoms. The Balaban J connectivity index is 1.61. The first-order valence-electron chi connectivity index (χ1n) is 7.88. The second-order valence-corrected chi connectivity index (χ2v) is 7.10. The average molecular weight is 266 g/mol. The number of H-pyrrole nitrogens is 1. The number of hydrogen-bond donors (Lipinski definition) is 1. The lowest BCUT2D eigenvalue weighted by Gasteiger charge is -2.30. The molecule has 2 spiro atoms. The van der Waals surface area contributed by atoms with Crippen LogP contribution in [0.3, 0.4) is 0 Å². The molecule has 1 aromatic carbocycles. The number of hydroxylamine groups is 2. The second kappa shape index (κ2) is 2.97. The number of benzene rings is 1. The van der Waals surface area contributed by atoms with E-state index in [2.05, 4.69) is 34.3 Å². The minimum atomic E-state index is 0.219. The van der Waals surface area contributed by atoms with Crippen molar-refractivity contribution in [1.29, 1.82) is 0 Å². The molecule has 0 bridgehead atoms. The Morgan fingerprint density at radius 1 is 1.15 bits per heavy atom. The van der Waals surface area contributed by atoms with Gasteiger partial charge in [0.2, 0.25) is 0 Å². The Bertz CT molecular complexity index is 739. The molecular formula is C17H18N2O. The van der Waals surface area contributed by atoms with Gasteiger partial charge in [0.15, 0.2) is 0 Å². The smallest absolute Gasteiger partial charge is 0.0977 e. The van der Waals surface area contributed by atoms with E-state index in [1.807, 2.05) is 0 Å². The van der Waals surface area contributed by atoms with Gasteiger partial charge in [-0.15, -0.1) is 0 Å². The van der Waals surface area contributed by atoms with Gasteiger partial charge >= 0.3 is 0 Å². The van der Waals surface area contributed by atoms with Crippen LogP contribution < -0.4 is 0 Å². The van der Waals surface area contributed by atoms with Crippen LogP contribution in [0.5, 0.6) is 0 Å². The van der Waals surface area contributed by atoms with Gasteiger partial charge in [0.25, 0.3) is 0 Å². The van der Waals surface area contributed by atoms with Crippen LogP contribution in [0, 0.1) is 5.41 Å². The average Bonchev–Trinajstić information content (AvgIpc) is 3.33. The largest absolute Gasteiger partial charge is 0.357 e. The topological polar surface area (TPSA) is 28.3 Å². The Hall–Kier alpha value is -1.32. The normalized spacial score (nSPS) is 31.7. The van der Waals surface area contributed by atoms with Gasteiger partial charge in [0, 0.05) is 28.6 Å². The summed E-state index contributed by atoms with van der Waals surface area (Å²) in [6, 6.07) is 9.25. The molecule has 2 aliphatic heterocycles. The first kappa shape index (κ1) is 10.4. The van der Waals surface area contributed by atoms with Crippen molar-refractivity contribution in [3.05, 3.63) is 35.5 Å². The standard InChI is InChI=1S/C17H18N2O/c1-2-4-13-11(3-1)12-5-10-19-15(14(12)18-13)16(6-7-16)17(20-19)8-9-17/h1-4,15,18H,5-10H2. The molecule has 1 unspecified atom stereocenters. The lowest BCUT2D eigenvalue weighted by molar-refractivity contribution is -0.177. The lowest BCUT2D eigenvalue weighted by Crippen LogP contribution is -2.32. The molecule has 3 nitrogen and oxygen atoms in total. The maximum atomic E-state index is 6.41. The molecule has 3 heterocycles. The molecule has 1 N–H and O–H groups in total. The SMILES string of the molecule is c1ccc2c3c([nH]c2c1)C1N(CC3)OC2(CC2)C12CC2. The first-order valence-corrected chi connectivity index (χ1v) is 7.88. The van der Waals surface area contributed by atoms with Gasteiger partial charge in [-0.2, -0.15) is 5.06 Å². The molecule has 3 fully saturated rings. The van der Waals surface area contributed by atoms with Crippen LogP contribution in [0.25, 0.3) is 10.9 Å². The van der Waals surface area contributed by atoms with Crippen LogP contribution in [-0.4, -0.2) is 22.2 Å². The summed E-state index contributed by atoms with van der Waals surface area (Å²) < 4.78 is 0. The number of nitrogens with one attached hydrogen (secondary N) is 1. The van der Waals surface area contributed by atoms with Gasteiger partial charge < -0.3 is 4.98 Å². The summed E-state index contributed by atoms with van der Waals surface area (Å²) in [5.41, 5.74) is 4.96. The van der Waals surface area contributed by atoms with E-state index < -0.39 is 0 Å². The van der Waals surface area contributed by atoms with Crippen molar-refractivity contribution in [2.24, 2.45) is 5.41 Å². The molecule has 2 aliphatic carbocycles. The molecule has 1 saturated heterocycles. The van der Waals surface area contributed by atoms with Crippen LogP contribution in [0.2, 0.25) is 0 Å². The van der Waals surface area contributed by atoms with Gasteiger partial charge in [-0.1, -0.05) is 18.2 Å². The van der Waals surface area contributed by atoms with Crippen molar-refractivity contribution in [2.45, 2.75) is 43.7 Å². The Morgan fingerprint density at radius 3 is 2.80 bits per heavy atom. The van der Waals surface area contributed by atoms with Gasteiger partial charge in [-0.25, -0.2) is 0 Å². The number of rotatable bonds is 0. The molecule has 2 aromatic rings. The third-order valence-electron chi connectivity index (χ3n) is 6.21. The number of aromatic amines is 1. The van der Waals surface area contributed by atoms with Crippen LogP contribution in [-0.2, 0) is 11.3 Å². The minimum Gasteiger partial charge on any atom is -0.357 e. The van der Waals surface area contributed by atoms with Crippen molar-refractivity contribution < 1.29 is 4.84 Å². The van der Waals surface area contributed by atoms with Gasteiger partial charge in [-0.05, 0) is 43.7 Å². The summed E-state index contributed by atoms with van der Waals surface area (Å²) in [5, 5.41) is 3.74. The minimum absolute atomic E-state index is 0.219. The third-order valence-corrected chi connectivity index (χ3v) is 6.21. The molecule has 0 radical (unpaired) electrons.